The van der Waals surface area contributed by atoms with Crippen LogP contribution in [0.1, 0.15) is 37.3 Å². The molecule has 0 aliphatic carbocycles. The lowest BCUT2D eigenvalue weighted by Gasteiger charge is -2.13. The van der Waals surface area contributed by atoms with E-state index in [1.807, 2.05) is 12.1 Å². The summed E-state index contributed by atoms with van der Waals surface area (Å²) in [4.78, 5) is 0. The van der Waals surface area contributed by atoms with Crippen LogP contribution in [0, 0.1) is 0 Å². The summed E-state index contributed by atoms with van der Waals surface area (Å²) in [5.74, 6) is 1.46. The van der Waals surface area contributed by atoms with Crippen molar-refractivity contribution in [1.29, 1.82) is 0 Å². The molecule has 0 saturated carbocycles. The molecule has 0 aromatic heterocycles. The molecule has 2 N–H and O–H groups in total. The molecule has 2 rings (SSSR count). The first-order chi connectivity index (χ1) is 9.69. The Balaban J connectivity index is 2.36. The summed E-state index contributed by atoms with van der Waals surface area (Å²) in [7, 11) is 1.68. The monoisotopic (exact) mass is 269 g/mol. The van der Waals surface area contributed by atoms with Crippen LogP contribution in [-0.4, -0.2) is 7.11 Å². The minimum absolute atomic E-state index is 0.514. The van der Waals surface area contributed by atoms with Crippen molar-refractivity contribution in [2.24, 2.45) is 5.73 Å². The van der Waals surface area contributed by atoms with Gasteiger partial charge in [-0.15, -0.1) is 0 Å². The zero-order valence-electron chi connectivity index (χ0n) is 12.5. The SMILES string of the molecule is CCC(C)c1ccc(-c2ccc(OC)cc2CN)cc1. The second-order valence-corrected chi connectivity index (χ2v) is 5.16. The highest BCUT2D eigenvalue weighted by molar-refractivity contribution is 5.68. The van der Waals surface area contributed by atoms with E-state index in [-0.39, 0.29) is 0 Å². The van der Waals surface area contributed by atoms with Crippen LogP contribution in [0.2, 0.25) is 0 Å². The Morgan fingerprint density at radius 3 is 2.35 bits per heavy atom. The van der Waals surface area contributed by atoms with Gasteiger partial charge < -0.3 is 10.5 Å². The third kappa shape index (κ3) is 3.02. The molecule has 2 nitrogen and oxygen atoms in total. The Morgan fingerprint density at radius 2 is 1.80 bits per heavy atom. The summed E-state index contributed by atoms with van der Waals surface area (Å²) in [6.07, 6.45) is 1.16. The zero-order chi connectivity index (χ0) is 14.5. The summed E-state index contributed by atoms with van der Waals surface area (Å²) in [5.41, 5.74) is 10.7. The second-order valence-electron chi connectivity index (χ2n) is 5.16. The van der Waals surface area contributed by atoms with Gasteiger partial charge in [0.05, 0.1) is 7.11 Å². The van der Waals surface area contributed by atoms with Crippen LogP contribution in [0.5, 0.6) is 5.75 Å². The van der Waals surface area contributed by atoms with Gasteiger partial charge in [0.2, 0.25) is 0 Å². The standard InChI is InChI=1S/C18H23NO/c1-4-13(2)14-5-7-15(8-6-14)18-10-9-17(20-3)11-16(18)12-19/h5-11,13H,4,12,19H2,1-3H3. The van der Waals surface area contributed by atoms with Crippen LogP contribution < -0.4 is 10.5 Å². The van der Waals surface area contributed by atoms with Crippen molar-refractivity contribution in [3.05, 3.63) is 53.6 Å². The van der Waals surface area contributed by atoms with E-state index < -0.39 is 0 Å². The van der Waals surface area contributed by atoms with Crippen LogP contribution in [-0.2, 0) is 6.54 Å². The van der Waals surface area contributed by atoms with Crippen molar-refractivity contribution in [3.8, 4) is 16.9 Å². The second kappa shape index (κ2) is 6.58. The smallest absolute Gasteiger partial charge is 0.119 e. The number of rotatable bonds is 5. The van der Waals surface area contributed by atoms with Crippen molar-refractivity contribution >= 4 is 0 Å². The summed E-state index contributed by atoms with van der Waals surface area (Å²) >= 11 is 0. The molecule has 0 spiro atoms. The molecule has 2 aromatic carbocycles. The average Bonchev–Trinajstić information content (AvgIpc) is 2.53. The molecule has 0 fully saturated rings. The maximum Gasteiger partial charge on any atom is 0.119 e. The molecule has 0 aliphatic heterocycles. The highest BCUT2D eigenvalue weighted by atomic mass is 16.5. The summed E-state index contributed by atoms with van der Waals surface area (Å²) in [5, 5.41) is 0. The fourth-order valence-electron chi connectivity index (χ4n) is 2.37. The van der Waals surface area contributed by atoms with Crippen molar-refractivity contribution in [2.75, 3.05) is 7.11 Å². The van der Waals surface area contributed by atoms with E-state index in [0.29, 0.717) is 12.5 Å². The minimum Gasteiger partial charge on any atom is -0.497 e. The van der Waals surface area contributed by atoms with Crippen molar-refractivity contribution in [3.63, 3.8) is 0 Å². The molecule has 106 valence electrons. The predicted octanol–water partition coefficient (Wildman–Crippen LogP) is 4.33. The van der Waals surface area contributed by atoms with Crippen molar-refractivity contribution in [2.45, 2.75) is 32.7 Å². The molecule has 1 atom stereocenters. The first kappa shape index (κ1) is 14.6. The number of nitrogens with two attached hydrogens (primary N) is 1. The molecule has 0 saturated heterocycles. The van der Waals surface area contributed by atoms with Crippen LogP contribution in [0.3, 0.4) is 0 Å². The number of hydrogen-bond donors (Lipinski definition) is 1. The van der Waals surface area contributed by atoms with Gasteiger partial charge in [0.1, 0.15) is 5.75 Å². The highest BCUT2D eigenvalue weighted by Crippen LogP contribution is 2.29. The van der Waals surface area contributed by atoms with E-state index in [2.05, 4.69) is 44.2 Å². The van der Waals surface area contributed by atoms with Crippen LogP contribution in [0.4, 0.5) is 0 Å². The molecular formula is C18H23NO. The van der Waals surface area contributed by atoms with Crippen LogP contribution in [0.15, 0.2) is 42.5 Å². The first-order valence-corrected chi connectivity index (χ1v) is 7.16. The van der Waals surface area contributed by atoms with Gasteiger partial charge in [0.15, 0.2) is 0 Å². The van der Waals surface area contributed by atoms with Gasteiger partial charge in [0, 0.05) is 6.54 Å². The fraction of sp³-hybridized carbons (Fsp3) is 0.333. The van der Waals surface area contributed by atoms with Gasteiger partial charge in [-0.1, -0.05) is 44.2 Å². The fourth-order valence-corrected chi connectivity index (χ4v) is 2.37. The average molecular weight is 269 g/mol. The number of benzene rings is 2. The normalized spacial score (nSPS) is 12.2. The van der Waals surface area contributed by atoms with Gasteiger partial charge in [-0.05, 0) is 46.7 Å². The quantitative estimate of drug-likeness (QED) is 0.876. The van der Waals surface area contributed by atoms with E-state index >= 15 is 0 Å². The number of hydrogen-bond acceptors (Lipinski definition) is 2. The number of methoxy groups -OCH3 is 1. The van der Waals surface area contributed by atoms with E-state index in [0.717, 1.165) is 17.7 Å². The maximum atomic E-state index is 5.86. The molecule has 1 unspecified atom stereocenters. The molecule has 0 amide bonds. The Morgan fingerprint density at radius 1 is 1.10 bits per heavy atom. The van der Waals surface area contributed by atoms with E-state index in [4.69, 9.17) is 10.5 Å². The molecule has 20 heavy (non-hydrogen) atoms. The minimum atomic E-state index is 0.514. The highest BCUT2D eigenvalue weighted by Gasteiger charge is 2.07. The lowest BCUT2D eigenvalue weighted by atomic mass is 9.94. The predicted molar refractivity (Wildman–Crippen MR) is 85.0 cm³/mol. The molecular weight excluding hydrogens is 246 g/mol. The van der Waals surface area contributed by atoms with Gasteiger partial charge in [-0.2, -0.15) is 0 Å². The Hall–Kier alpha value is -1.80. The van der Waals surface area contributed by atoms with Gasteiger partial charge in [-0.3, -0.25) is 0 Å². The Bertz CT molecular complexity index is 560. The Kier molecular flexibility index (Phi) is 4.80. The lowest BCUT2D eigenvalue weighted by Crippen LogP contribution is -2.00. The molecule has 0 radical (unpaired) electrons. The van der Waals surface area contributed by atoms with Crippen molar-refractivity contribution in [1.82, 2.24) is 0 Å². The Labute approximate surface area is 121 Å². The van der Waals surface area contributed by atoms with Crippen LogP contribution >= 0.6 is 0 Å². The molecule has 0 bridgehead atoms. The van der Waals surface area contributed by atoms with Gasteiger partial charge >= 0.3 is 0 Å². The topological polar surface area (TPSA) is 35.2 Å². The summed E-state index contributed by atoms with van der Waals surface area (Å²) in [6.45, 7) is 4.99. The first-order valence-electron chi connectivity index (χ1n) is 7.16. The third-order valence-electron chi connectivity index (χ3n) is 3.94. The number of ether oxygens (including phenoxy) is 1. The zero-order valence-corrected chi connectivity index (χ0v) is 12.5. The van der Waals surface area contributed by atoms with E-state index in [1.165, 1.54) is 16.7 Å². The lowest BCUT2D eigenvalue weighted by molar-refractivity contribution is 0.414. The van der Waals surface area contributed by atoms with Crippen LogP contribution in [0.25, 0.3) is 11.1 Å². The third-order valence-corrected chi connectivity index (χ3v) is 3.94. The van der Waals surface area contributed by atoms with Gasteiger partial charge in [0.25, 0.3) is 0 Å². The summed E-state index contributed by atoms with van der Waals surface area (Å²) < 4.78 is 5.26. The molecule has 0 aliphatic rings. The molecule has 2 aromatic rings. The van der Waals surface area contributed by atoms with E-state index in [1.54, 1.807) is 7.11 Å². The maximum absolute atomic E-state index is 5.86. The van der Waals surface area contributed by atoms with Gasteiger partial charge in [-0.25, -0.2) is 0 Å². The summed E-state index contributed by atoms with van der Waals surface area (Å²) in [6, 6.07) is 14.9. The van der Waals surface area contributed by atoms with Crippen molar-refractivity contribution < 1.29 is 4.74 Å². The molecule has 0 heterocycles. The molecule has 2 heteroatoms. The van der Waals surface area contributed by atoms with E-state index in [9.17, 15) is 0 Å². The largest absolute Gasteiger partial charge is 0.497 e.